The van der Waals surface area contributed by atoms with Crippen molar-refractivity contribution in [3.8, 4) is 0 Å². The van der Waals surface area contributed by atoms with Crippen molar-refractivity contribution in [1.82, 2.24) is 0 Å². The molecule has 0 radical (unpaired) electrons. The monoisotopic (exact) mass is 414 g/mol. The third kappa shape index (κ3) is 6.84. The number of hydrogen-bond donors (Lipinski definition) is 0. The van der Waals surface area contributed by atoms with Gasteiger partial charge in [0.05, 0.1) is 8.07 Å². The first-order valence-corrected chi connectivity index (χ1v) is 16.8. The van der Waals surface area contributed by atoms with Crippen molar-refractivity contribution >= 4 is 25.1 Å². The zero-order valence-corrected chi connectivity index (χ0v) is 19.0. The minimum atomic E-state index is -0.883. The first-order valence-electron chi connectivity index (χ1n) is 7.65. The van der Waals surface area contributed by atoms with Gasteiger partial charge in [-0.1, -0.05) is 77.3 Å². The SMILES string of the molecule is CCC[Si](C)(C1CCCC1)C1CCCC1.[CH3-].[CH3-].[Cl][Zr+2][Cl]. The Morgan fingerprint density at radius 1 is 0.900 bits per heavy atom. The molecule has 2 aliphatic rings. The van der Waals surface area contributed by atoms with Crippen LogP contribution in [0.4, 0.5) is 0 Å². The van der Waals surface area contributed by atoms with Crippen LogP contribution in [0.5, 0.6) is 0 Å². The molecule has 0 bridgehead atoms. The van der Waals surface area contributed by atoms with Gasteiger partial charge in [-0.25, -0.2) is 0 Å². The van der Waals surface area contributed by atoms with Crippen LogP contribution in [-0.4, -0.2) is 8.07 Å². The van der Waals surface area contributed by atoms with Gasteiger partial charge >= 0.3 is 37.9 Å². The van der Waals surface area contributed by atoms with Gasteiger partial charge in [0.1, 0.15) is 0 Å². The van der Waals surface area contributed by atoms with Gasteiger partial charge in [0.25, 0.3) is 0 Å². The minimum absolute atomic E-state index is 0. The van der Waals surface area contributed by atoms with Crippen LogP contribution in [0.25, 0.3) is 0 Å². The maximum atomic E-state index is 4.93. The summed E-state index contributed by atoms with van der Waals surface area (Å²) in [5, 5.41) is 0. The second-order valence-electron chi connectivity index (χ2n) is 6.29. The fourth-order valence-electron chi connectivity index (χ4n) is 4.45. The second kappa shape index (κ2) is 13.1. The fourth-order valence-corrected chi connectivity index (χ4v) is 10.5. The Bertz CT molecular complexity index is 199. The van der Waals surface area contributed by atoms with E-state index in [9.17, 15) is 0 Å². The van der Waals surface area contributed by atoms with E-state index < -0.39 is 28.9 Å². The van der Waals surface area contributed by atoms with Gasteiger partial charge in [0.2, 0.25) is 0 Å². The summed E-state index contributed by atoms with van der Waals surface area (Å²) in [5.41, 5.74) is 2.42. The van der Waals surface area contributed by atoms with Gasteiger partial charge in [-0.15, -0.1) is 0 Å². The number of hydrogen-bond acceptors (Lipinski definition) is 0. The van der Waals surface area contributed by atoms with Gasteiger partial charge in [-0.05, 0) is 11.1 Å². The summed E-state index contributed by atoms with van der Waals surface area (Å²) in [6, 6.07) is 1.63. The zero-order chi connectivity index (χ0) is 13.4. The molecular formula is C16H34Cl2SiZr. The Hall–Kier alpha value is 1.68. The first kappa shape index (κ1) is 23.9. The van der Waals surface area contributed by atoms with Crippen molar-refractivity contribution in [2.45, 2.75) is 88.4 Å². The standard InChI is InChI=1S/C14H28Si.2CH3.2ClH.Zr/c1-3-12-15(2,13-8-4-5-9-13)14-10-6-7-11-14;;;;;/h13-14H,3-12H2,1-2H3;2*1H3;2*1H;/q;2*-1;;;+4/p-2. The van der Waals surface area contributed by atoms with E-state index in [1.807, 2.05) is 0 Å². The summed E-state index contributed by atoms with van der Waals surface area (Å²) in [5.74, 6) is 0. The van der Waals surface area contributed by atoms with Crippen LogP contribution in [0, 0.1) is 14.9 Å². The van der Waals surface area contributed by atoms with Crippen molar-refractivity contribution in [1.29, 1.82) is 0 Å². The van der Waals surface area contributed by atoms with E-state index in [-0.39, 0.29) is 14.9 Å². The van der Waals surface area contributed by atoms with E-state index in [1.165, 1.54) is 17.5 Å². The van der Waals surface area contributed by atoms with Crippen LogP contribution in [-0.2, 0) is 20.8 Å². The molecule has 0 aromatic rings. The number of halogens is 2. The predicted molar refractivity (Wildman–Crippen MR) is 95.7 cm³/mol. The van der Waals surface area contributed by atoms with E-state index in [4.69, 9.17) is 17.0 Å². The Morgan fingerprint density at radius 3 is 1.45 bits per heavy atom. The van der Waals surface area contributed by atoms with Gasteiger partial charge in [0, 0.05) is 0 Å². The normalized spacial score (nSPS) is 19.4. The summed E-state index contributed by atoms with van der Waals surface area (Å²) in [6.45, 7) is 5.18. The van der Waals surface area contributed by atoms with E-state index in [1.54, 1.807) is 57.4 Å². The van der Waals surface area contributed by atoms with Gasteiger partial charge < -0.3 is 14.9 Å². The molecule has 2 fully saturated rings. The molecule has 0 spiro atoms. The quantitative estimate of drug-likeness (QED) is 0.326. The molecule has 120 valence electrons. The van der Waals surface area contributed by atoms with E-state index in [2.05, 4.69) is 13.5 Å². The molecule has 2 aliphatic carbocycles. The van der Waals surface area contributed by atoms with Crippen LogP contribution in [0.3, 0.4) is 0 Å². The van der Waals surface area contributed by atoms with Gasteiger partial charge in [0.15, 0.2) is 0 Å². The Kier molecular flexibility index (Phi) is 15.7. The van der Waals surface area contributed by atoms with Gasteiger partial charge in [-0.2, -0.15) is 0 Å². The molecule has 0 amide bonds. The molecule has 20 heavy (non-hydrogen) atoms. The van der Waals surface area contributed by atoms with Crippen molar-refractivity contribution in [3.63, 3.8) is 0 Å². The molecule has 2 rings (SSSR count). The first-order chi connectivity index (χ1) is 8.69. The van der Waals surface area contributed by atoms with E-state index >= 15 is 0 Å². The van der Waals surface area contributed by atoms with Crippen LogP contribution in [0.2, 0.25) is 23.7 Å². The molecule has 0 aromatic heterocycles. The maximum absolute atomic E-state index is 4.93. The summed E-state index contributed by atoms with van der Waals surface area (Å²) in [6.07, 6.45) is 14.0. The molecule has 2 saturated carbocycles. The van der Waals surface area contributed by atoms with E-state index in [0.717, 1.165) is 0 Å². The Balaban J connectivity index is 0. The van der Waals surface area contributed by atoms with Crippen molar-refractivity contribution in [3.05, 3.63) is 14.9 Å². The molecule has 0 saturated heterocycles. The van der Waals surface area contributed by atoms with Gasteiger partial charge in [-0.3, -0.25) is 0 Å². The molecule has 4 heteroatoms. The fraction of sp³-hybridized carbons (Fsp3) is 0.875. The predicted octanol–water partition coefficient (Wildman–Crippen LogP) is 7.64. The van der Waals surface area contributed by atoms with Crippen molar-refractivity contribution in [2.24, 2.45) is 0 Å². The Labute approximate surface area is 148 Å². The molecule has 0 atom stereocenters. The molecule has 0 aliphatic heterocycles. The number of rotatable bonds is 4. The third-order valence-corrected chi connectivity index (χ3v) is 11.8. The van der Waals surface area contributed by atoms with E-state index in [0.29, 0.717) is 0 Å². The summed E-state index contributed by atoms with van der Waals surface area (Å²) < 4.78 is 0. The molecule has 0 unspecified atom stereocenters. The third-order valence-electron chi connectivity index (χ3n) is 5.36. The topological polar surface area (TPSA) is 0 Å². The Morgan fingerprint density at radius 2 is 1.20 bits per heavy atom. The summed E-state index contributed by atoms with van der Waals surface area (Å²) in [4.78, 5) is 0. The summed E-state index contributed by atoms with van der Waals surface area (Å²) >= 11 is -0.826. The molecular weight excluding hydrogens is 382 g/mol. The van der Waals surface area contributed by atoms with Crippen molar-refractivity contribution in [2.75, 3.05) is 0 Å². The molecule has 0 heterocycles. The average Bonchev–Trinajstić information content (AvgIpc) is 3.04. The summed E-state index contributed by atoms with van der Waals surface area (Å²) in [7, 11) is 8.98. The second-order valence-corrected chi connectivity index (χ2v) is 15.2. The zero-order valence-electron chi connectivity index (χ0n) is 14.0. The average molecular weight is 417 g/mol. The molecule has 0 N–H and O–H groups in total. The molecule has 0 nitrogen and oxygen atoms in total. The van der Waals surface area contributed by atoms with Crippen LogP contribution in [0.15, 0.2) is 0 Å². The van der Waals surface area contributed by atoms with Crippen LogP contribution >= 0.6 is 17.0 Å². The molecule has 0 aromatic carbocycles. The van der Waals surface area contributed by atoms with Crippen molar-refractivity contribution < 1.29 is 20.8 Å². The van der Waals surface area contributed by atoms with Crippen LogP contribution in [0.1, 0.15) is 64.7 Å². The van der Waals surface area contributed by atoms with Crippen LogP contribution < -0.4 is 0 Å².